The molecule has 2 aliphatic heterocycles. The predicted octanol–water partition coefficient (Wildman–Crippen LogP) is 4.32. The van der Waals surface area contributed by atoms with Crippen LogP contribution >= 0.6 is 0 Å². The first kappa shape index (κ1) is 23.8. The Balaban J connectivity index is 1.28. The van der Waals surface area contributed by atoms with Crippen LogP contribution in [0.15, 0.2) is 60.8 Å². The summed E-state index contributed by atoms with van der Waals surface area (Å²) < 4.78 is 11.7. The number of carbonyl (C=O) groups is 1. The predicted molar refractivity (Wildman–Crippen MR) is 137 cm³/mol. The zero-order chi connectivity index (χ0) is 24.0. The summed E-state index contributed by atoms with van der Waals surface area (Å²) >= 11 is 0. The lowest BCUT2D eigenvalue weighted by Crippen LogP contribution is -2.34. The highest BCUT2D eigenvalue weighted by atomic mass is 16.5. The quantitative estimate of drug-likeness (QED) is 0.512. The molecule has 5 rings (SSSR count). The van der Waals surface area contributed by atoms with Gasteiger partial charge in [0.2, 0.25) is 5.91 Å². The summed E-state index contributed by atoms with van der Waals surface area (Å²) in [5, 5.41) is 1.17. The molecule has 6 nitrogen and oxygen atoms in total. The normalized spacial score (nSPS) is 21.2. The molecule has 0 aliphatic carbocycles. The number of pyridine rings is 1. The number of carbonyl (C=O) groups excluding carboxylic acids is 1. The molecular weight excluding hydrogens is 438 g/mol. The summed E-state index contributed by atoms with van der Waals surface area (Å²) in [4.78, 5) is 21.5. The van der Waals surface area contributed by atoms with Crippen molar-refractivity contribution in [2.45, 2.75) is 38.8 Å². The largest absolute Gasteiger partial charge is 0.491 e. The van der Waals surface area contributed by atoms with Crippen molar-refractivity contribution in [1.82, 2.24) is 14.8 Å². The standard InChI is InChI=1S/C29H35N3O3/c1-22(33)32-14-13-31(18-23-6-2-10-27(17-23)35-21-28-11-5-15-34-28)19-24(20-32)16-26-8-3-7-25-9-4-12-30-29(25)26/h2-4,6-10,12,17,24,28H,5,11,13-16,18-21H2,1H3/t24-,28+/m1/s1. The highest BCUT2D eigenvalue weighted by molar-refractivity contribution is 5.81. The van der Waals surface area contributed by atoms with Crippen LogP contribution in [0.25, 0.3) is 10.9 Å². The Kier molecular flexibility index (Phi) is 7.60. The van der Waals surface area contributed by atoms with Crippen molar-refractivity contribution in [3.63, 3.8) is 0 Å². The SMILES string of the molecule is CC(=O)N1CCN(Cc2cccc(OC[C@@H]3CCCO3)c2)C[C@@H](Cc2cccc3cccnc23)C1. The van der Waals surface area contributed by atoms with Gasteiger partial charge in [0.25, 0.3) is 0 Å². The van der Waals surface area contributed by atoms with Crippen molar-refractivity contribution < 1.29 is 14.3 Å². The number of hydrogen-bond acceptors (Lipinski definition) is 5. The van der Waals surface area contributed by atoms with E-state index in [4.69, 9.17) is 9.47 Å². The molecule has 2 saturated heterocycles. The van der Waals surface area contributed by atoms with Crippen molar-refractivity contribution >= 4 is 16.8 Å². The van der Waals surface area contributed by atoms with E-state index in [0.717, 1.165) is 69.9 Å². The maximum absolute atomic E-state index is 12.3. The molecule has 1 amide bonds. The second-order valence-electron chi connectivity index (χ2n) is 9.86. The molecule has 6 heteroatoms. The van der Waals surface area contributed by atoms with Crippen LogP contribution < -0.4 is 4.74 Å². The number of rotatable bonds is 7. The molecule has 184 valence electrons. The van der Waals surface area contributed by atoms with E-state index in [1.165, 1.54) is 16.5 Å². The van der Waals surface area contributed by atoms with Crippen molar-refractivity contribution in [3.05, 3.63) is 71.9 Å². The fraction of sp³-hybridized carbons (Fsp3) is 0.448. The number of hydrogen-bond donors (Lipinski definition) is 0. The van der Waals surface area contributed by atoms with Crippen LogP contribution in [-0.4, -0.2) is 66.2 Å². The van der Waals surface area contributed by atoms with Crippen molar-refractivity contribution in [2.24, 2.45) is 5.92 Å². The van der Waals surface area contributed by atoms with Crippen LogP contribution in [0.2, 0.25) is 0 Å². The fourth-order valence-corrected chi connectivity index (χ4v) is 5.34. The number of benzene rings is 2. The van der Waals surface area contributed by atoms with Crippen LogP contribution in [0.5, 0.6) is 5.75 Å². The molecule has 0 bridgehead atoms. The van der Waals surface area contributed by atoms with E-state index >= 15 is 0 Å². The van der Waals surface area contributed by atoms with Gasteiger partial charge in [-0.15, -0.1) is 0 Å². The fourth-order valence-electron chi connectivity index (χ4n) is 5.34. The molecular formula is C29H35N3O3. The molecule has 0 unspecified atom stereocenters. The van der Waals surface area contributed by atoms with Gasteiger partial charge in [-0.05, 0) is 54.5 Å². The molecule has 0 N–H and O–H groups in total. The van der Waals surface area contributed by atoms with E-state index in [0.29, 0.717) is 12.5 Å². The van der Waals surface area contributed by atoms with E-state index in [-0.39, 0.29) is 12.0 Å². The molecule has 0 saturated carbocycles. The Morgan fingerprint density at radius 2 is 2.00 bits per heavy atom. The average Bonchev–Trinajstić information content (AvgIpc) is 3.31. The molecule has 2 fully saturated rings. The van der Waals surface area contributed by atoms with E-state index < -0.39 is 0 Å². The Bertz CT molecular complexity index is 1140. The minimum atomic E-state index is 0.150. The van der Waals surface area contributed by atoms with E-state index in [1.807, 2.05) is 23.2 Å². The van der Waals surface area contributed by atoms with Crippen LogP contribution in [0, 0.1) is 5.92 Å². The molecule has 2 aliphatic rings. The zero-order valence-electron chi connectivity index (χ0n) is 20.6. The lowest BCUT2D eigenvalue weighted by atomic mass is 9.96. The third kappa shape index (κ3) is 6.19. The lowest BCUT2D eigenvalue weighted by molar-refractivity contribution is -0.129. The summed E-state index contributed by atoms with van der Waals surface area (Å²) in [5.74, 6) is 1.39. The summed E-state index contributed by atoms with van der Waals surface area (Å²) in [7, 11) is 0. The van der Waals surface area contributed by atoms with Gasteiger partial charge in [-0.3, -0.25) is 14.7 Å². The topological polar surface area (TPSA) is 54.9 Å². The molecule has 2 atom stereocenters. The van der Waals surface area contributed by atoms with Crippen LogP contribution in [0.4, 0.5) is 0 Å². The molecule has 0 radical (unpaired) electrons. The summed E-state index contributed by atoms with van der Waals surface area (Å²) in [5.41, 5.74) is 3.55. The molecule has 3 aromatic rings. The van der Waals surface area contributed by atoms with E-state index in [1.54, 1.807) is 6.92 Å². The third-order valence-corrected chi connectivity index (χ3v) is 7.12. The zero-order valence-corrected chi connectivity index (χ0v) is 20.6. The second kappa shape index (κ2) is 11.2. The first-order valence-corrected chi connectivity index (χ1v) is 12.8. The lowest BCUT2D eigenvalue weighted by Gasteiger charge is -2.25. The maximum atomic E-state index is 12.3. The Morgan fingerprint density at radius 3 is 2.86 bits per heavy atom. The van der Waals surface area contributed by atoms with Crippen LogP contribution in [0.3, 0.4) is 0 Å². The molecule has 3 heterocycles. The number of para-hydroxylation sites is 1. The average molecular weight is 474 g/mol. The van der Waals surface area contributed by atoms with Gasteiger partial charge in [-0.1, -0.05) is 36.4 Å². The van der Waals surface area contributed by atoms with Gasteiger partial charge in [0.15, 0.2) is 0 Å². The van der Waals surface area contributed by atoms with Crippen molar-refractivity contribution in [2.75, 3.05) is 39.4 Å². The molecule has 35 heavy (non-hydrogen) atoms. The van der Waals surface area contributed by atoms with E-state index in [2.05, 4.69) is 52.3 Å². The van der Waals surface area contributed by atoms with Crippen molar-refractivity contribution in [1.29, 1.82) is 0 Å². The molecule has 2 aromatic carbocycles. The van der Waals surface area contributed by atoms with Gasteiger partial charge in [-0.25, -0.2) is 0 Å². The number of fused-ring (bicyclic) bond motifs is 1. The third-order valence-electron chi connectivity index (χ3n) is 7.12. The van der Waals surface area contributed by atoms with E-state index in [9.17, 15) is 4.79 Å². The van der Waals surface area contributed by atoms with Crippen molar-refractivity contribution in [3.8, 4) is 5.75 Å². The maximum Gasteiger partial charge on any atom is 0.219 e. The van der Waals surface area contributed by atoms with Gasteiger partial charge in [0.1, 0.15) is 12.4 Å². The van der Waals surface area contributed by atoms with Gasteiger partial charge in [0.05, 0.1) is 11.6 Å². The number of aromatic nitrogens is 1. The van der Waals surface area contributed by atoms with Gasteiger partial charge < -0.3 is 14.4 Å². The summed E-state index contributed by atoms with van der Waals surface area (Å²) in [6, 6.07) is 18.9. The highest BCUT2D eigenvalue weighted by Gasteiger charge is 2.25. The molecule has 0 spiro atoms. The number of amides is 1. The van der Waals surface area contributed by atoms with Crippen LogP contribution in [-0.2, 0) is 22.5 Å². The first-order chi connectivity index (χ1) is 17.1. The van der Waals surface area contributed by atoms with Gasteiger partial charge in [0, 0.05) is 57.8 Å². The Morgan fingerprint density at radius 1 is 1.11 bits per heavy atom. The number of nitrogens with zero attached hydrogens (tertiary/aromatic N) is 3. The minimum Gasteiger partial charge on any atom is -0.491 e. The minimum absolute atomic E-state index is 0.150. The monoisotopic (exact) mass is 473 g/mol. The molecule has 1 aromatic heterocycles. The Hall–Kier alpha value is -2.96. The number of ether oxygens (including phenoxy) is 2. The van der Waals surface area contributed by atoms with Gasteiger partial charge >= 0.3 is 0 Å². The van der Waals surface area contributed by atoms with Gasteiger partial charge in [-0.2, -0.15) is 0 Å². The first-order valence-electron chi connectivity index (χ1n) is 12.8. The van der Waals surface area contributed by atoms with Crippen LogP contribution in [0.1, 0.15) is 30.9 Å². The summed E-state index contributed by atoms with van der Waals surface area (Å²) in [6.07, 6.45) is 5.18. The summed E-state index contributed by atoms with van der Waals surface area (Å²) in [6.45, 7) is 7.32. The highest BCUT2D eigenvalue weighted by Crippen LogP contribution is 2.23. The smallest absolute Gasteiger partial charge is 0.219 e. The second-order valence-corrected chi connectivity index (χ2v) is 9.86. The Labute approximate surface area is 207 Å².